The number of amides is 1. The molecule has 5 nitrogen and oxygen atoms in total. The van der Waals surface area contributed by atoms with Crippen LogP contribution in [0.15, 0.2) is 24.3 Å². The van der Waals surface area contributed by atoms with E-state index in [2.05, 4.69) is 0 Å². The molecule has 0 N–H and O–H groups in total. The minimum atomic E-state index is -3.10. The predicted molar refractivity (Wildman–Crippen MR) is 92.8 cm³/mol. The normalized spacial score (nSPS) is 19.8. The number of likely N-dealkylation sites (tertiary alicyclic amines) is 1. The SMILES string of the molecule is Cc1cccc(OCC(=O)N2CC(S(=O)(=O)C3CCCCC3)C2)c1. The fraction of sp³-hybridized carbons (Fsp3) is 0.611. The van der Waals surface area contributed by atoms with E-state index < -0.39 is 9.84 Å². The van der Waals surface area contributed by atoms with E-state index in [1.54, 1.807) is 4.90 Å². The Balaban J connectivity index is 1.48. The highest BCUT2D eigenvalue weighted by molar-refractivity contribution is 7.92. The van der Waals surface area contributed by atoms with E-state index in [-0.39, 0.29) is 23.0 Å². The summed E-state index contributed by atoms with van der Waals surface area (Å²) >= 11 is 0. The van der Waals surface area contributed by atoms with Gasteiger partial charge in [-0.1, -0.05) is 31.4 Å². The van der Waals surface area contributed by atoms with Crippen LogP contribution in [0.1, 0.15) is 37.7 Å². The Labute approximate surface area is 143 Å². The van der Waals surface area contributed by atoms with Gasteiger partial charge in [-0.25, -0.2) is 8.42 Å². The summed E-state index contributed by atoms with van der Waals surface area (Å²) in [6, 6.07) is 7.53. The summed E-state index contributed by atoms with van der Waals surface area (Å²) < 4.78 is 30.7. The third-order valence-corrected chi connectivity index (χ3v) is 7.66. The maximum atomic E-state index is 12.6. The van der Waals surface area contributed by atoms with E-state index >= 15 is 0 Å². The van der Waals surface area contributed by atoms with Crippen LogP contribution in [0, 0.1) is 6.92 Å². The minimum absolute atomic E-state index is 0.0420. The number of benzene rings is 1. The summed E-state index contributed by atoms with van der Waals surface area (Å²) in [4.78, 5) is 13.7. The van der Waals surface area contributed by atoms with Gasteiger partial charge >= 0.3 is 0 Å². The van der Waals surface area contributed by atoms with Gasteiger partial charge in [0.05, 0.1) is 10.5 Å². The number of nitrogens with zero attached hydrogens (tertiary/aromatic N) is 1. The molecule has 1 amide bonds. The lowest BCUT2D eigenvalue weighted by Crippen LogP contribution is -2.59. The first-order valence-corrected chi connectivity index (χ1v) is 10.3. The number of hydrogen-bond donors (Lipinski definition) is 0. The predicted octanol–water partition coefficient (Wildman–Crippen LogP) is 2.33. The van der Waals surface area contributed by atoms with Crippen molar-refractivity contribution >= 4 is 15.7 Å². The van der Waals surface area contributed by atoms with Crippen LogP contribution in [0.3, 0.4) is 0 Å². The Morgan fingerprint density at radius 1 is 1.17 bits per heavy atom. The van der Waals surface area contributed by atoms with Crippen LogP contribution >= 0.6 is 0 Å². The van der Waals surface area contributed by atoms with E-state index in [1.165, 1.54) is 0 Å². The number of ether oxygens (including phenoxy) is 1. The molecule has 0 unspecified atom stereocenters. The van der Waals surface area contributed by atoms with Crippen molar-refractivity contribution in [1.82, 2.24) is 4.90 Å². The van der Waals surface area contributed by atoms with E-state index in [9.17, 15) is 13.2 Å². The number of carbonyl (C=O) groups is 1. The molecule has 1 aliphatic heterocycles. The molecule has 2 aliphatic rings. The first-order chi connectivity index (χ1) is 11.5. The number of sulfone groups is 1. The maximum Gasteiger partial charge on any atom is 0.260 e. The molecular formula is C18H25NO4S. The maximum absolute atomic E-state index is 12.6. The van der Waals surface area contributed by atoms with Gasteiger partial charge in [-0.3, -0.25) is 4.79 Å². The molecule has 1 saturated carbocycles. The Kier molecular flexibility index (Phi) is 5.13. The molecule has 132 valence electrons. The number of carbonyl (C=O) groups excluding carboxylic acids is 1. The van der Waals surface area contributed by atoms with Gasteiger partial charge < -0.3 is 9.64 Å². The standard InChI is InChI=1S/C18H25NO4S/c1-14-6-5-7-15(10-14)23-13-18(20)19-11-17(12-19)24(21,22)16-8-3-2-4-9-16/h5-7,10,16-17H,2-4,8-9,11-13H2,1H3. The lowest BCUT2D eigenvalue weighted by Gasteiger charge is -2.40. The van der Waals surface area contributed by atoms with Crippen LogP contribution in [-0.2, 0) is 14.6 Å². The average Bonchev–Trinajstić information content (AvgIpc) is 2.52. The fourth-order valence-electron chi connectivity index (χ4n) is 3.46. The second kappa shape index (κ2) is 7.13. The largest absolute Gasteiger partial charge is 0.484 e. The summed E-state index contributed by atoms with van der Waals surface area (Å²) in [5.41, 5.74) is 1.07. The zero-order valence-electron chi connectivity index (χ0n) is 14.1. The molecule has 0 atom stereocenters. The highest BCUT2D eigenvalue weighted by Gasteiger charge is 2.43. The highest BCUT2D eigenvalue weighted by Crippen LogP contribution is 2.29. The van der Waals surface area contributed by atoms with Gasteiger partial charge in [-0.05, 0) is 37.5 Å². The van der Waals surface area contributed by atoms with Crippen molar-refractivity contribution in [3.8, 4) is 5.75 Å². The van der Waals surface area contributed by atoms with E-state index in [4.69, 9.17) is 4.74 Å². The van der Waals surface area contributed by atoms with Gasteiger partial charge in [0.25, 0.3) is 5.91 Å². The van der Waals surface area contributed by atoms with Crippen molar-refractivity contribution in [1.29, 1.82) is 0 Å². The lowest BCUT2D eigenvalue weighted by atomic mass is 10.0. The van der Waals surface area contributed by atoms with E-state index in [1.807, 2.05) is 31.2 Å². The van der Waals surface area contributed by atoms with E-state index in [0.29, 0.717) is 18.8 Å². The topological polar surface area (TPSA) is 63.7 Å². The second-order valence-corrected chi connectivity index (χ2v) is 9.39. The summed E-state index contributed by atoms with van der Waals surface area (Å²) in [6.45, 7) is 2.55. The molecule has 1 heterocycles. The molecular weight excluding hydrogens is 326 g/mol. The Morgan fingerprint density at radius 2 is 1.88 bits per heavy atom. The van der Waals surface area contributed by atoms with Gasteiger partial charge in [-0.2, -0.15) is 0 Å². The van der Waals surface area contributed by atoms with Crippen molar-refractivity contribution in [2.24, 2.45) is 0 Å². The third kappa shape index (κ3) is 3.74. The molecule has 0 bridgehead atoms. The van der Waals surface area contributed by atoms with Crippen molar-refractivity contribution in [2.45, 2.75) is 49.5 Å². The summed E-state index contributed by atoms with van der Waals surface area (Å²) in [5, 5.41) is -0.583. The van der Waals surface area contributed by atoms with Crippen molar-refractivity contribution in [3.05, 3.63) is 29.8 Å². The summed E-state index contributed by atoms with van der Waals surface area (Å²) in [6.07, 6.45) is 4.71. The summed E-state index contributed by atoms with van der Waals surface area (Å²) in [7, 11) is -3.10. The molecule has 0 radical (unpaired) electrons. The van der Waals surface area contributed by atoms with Crippen molar-refractivity contribution in [3.63, 3.8) is 0 Å². The van der Waals surface area contributed by atoms with Crippen LogP contribution in [0.2, 0.25) is 0 Å². The van der Waals surface area contributed by atoms with Crippen LogP contribution in [0.5, 0.6) is 5.75 Å². The van der Waals surface area contributed by atoms with Crippen LogP contribution in [-0.4, -0.2) is 49.4 Å². The van der Waals surface area contributed by atoms with E-state index in [0.717, 1.165) is 37.7 Å². The van der Waals surface area contributed by atoms with Gasteiger partial charge in [0, 0.05) is 13.1 Å². The van der Waals surface area contributed by atoms with Crippen molar-refractivity contribution in [2.75, 3.05) is 19.7 Å². The minimum Gasteiger partial charge on any atom is -0.484 e. The molecule has 24 heavy (non-hydrogen) atoms. The lowest BCUT2D eigenvalue weighted by molar-refractivity contribution is -0.136. The molecule has 1 aromatic rings. The smallest absolute Gasteiger partial charge is 0.260 e. The Hall–Kier alpha value is -1.56. The molecule has 1 aliphatic carbocycles. The van der Waals surface area contributed by atoms with Crippen molar-refractivity contribution < 1.29 is 17.9 Å². The molecule has 2 fully saturated rings. The molecule has 6 heteroatoms. The second-order valence-electron chi connectivity index (χ2n) is 6.87. The average molecular weight is 351 g/mol. The zero-order chi connectivity index (χ0) is 17.2. The highest BCUT2D eigenvalue weighted by atomic mass is 32.2. The quantitative estimate of drug-likeness (QED) is 0.817. The Bertz CT molecular complexity index is 689. The van der Waals surface area contributed by atoms with Crippen LogP contribution in [0.4, 0.5) is 0 Å². The van der Waals surface area contributed by atoms with Crippen LogP contribution < -0.4 is 4.74 Å². The molecule has 1 saturated heterocycles. The fourth-order valence-corrected chi connectivity index (χ4v) is 5.77. The van der Waals surface area contributed by atoms with Gasteiger partial charge in [0.15, 0.2) is 16.4 Å². The molecule has 3 rings (SSSR count). The molecule has 1 aromatic carbocycles. The number of rotatable bonds is 5. The zero-order valence-corrected chi connectivity index (χ0v) is 14.9. The number of hydrogen-bond acceptors (Lipinski definition) is 4. The van der Waals surface area contributed by atoms with Crippen LogP contribution in [0.25, 0.3) is 0 Å². The first-order valence-electron chi connectivity index (χ1n) is 8.67. The molecule has 0 spiro atoms. The first kappa shape index (κ1) is 17.3. The number of aryl methyl sites for hydroxylation is 1. The summed E-state index contributed by atoms with van der Waals surface area (Å²) in [5.74, 6) is 0.516. The van der Waals surface area contributed by atoms with Gasteiger partial charge in [0.2, 0.25) is 0 Å². The third-order valence-electron chi connectivity index (χ3n) is 5.03. The molecule has 0 aromatic heterocycles. The monoisotopic (exact) mass is 351 g/mol. The van der Waals surface area contributed by atoms with Gasteiger partial charge in [-0.15, -0.1) is 0 Å². The van der Waals surface area contributed by atoms with Gasteiger partial charge in [0.1, 0.15) is 5.75 Å². The Morgan fingerprint density at radius 3 is 2.54 bits per heavy atom.